The predicted octanol–water partition coefficient (Wildman–Crippen LogP) is 1.57. The Kier molecular flexibility index (Phi) is 4.60. The van der Waals surface area contributed by atoms with Gasteiger partial charge in [-0.05, 0) is 18.2 Å². The average Bonchev–Trinajstić information content (AvgIpc) is 2.51. The van der Waals surface area contributed by atoms with Crippen LogP contribution in [0.5, 0.6) is 17.4 Å². The molecule has 9 heteroatoms. The molecule has 0 atom stereocenters. The highest BCUT2D eigenvalue weighted by Gasteiger charge is 2.21. The molecule has 120 valence electrons. The third kappa shape index (κ3) is 3.28. The number of nitro groups is 1. The van der Waals surface area contributed by atoms with Crippen LogP contribution in [0.25, 0.3) is 12.2 Å². The van der Waals surface area contributed by atoms with E-state index in [2.05, 4.69) is 9.97 Å². The van der Waals surface area contributed by atoms with E-state index in [4.69, 9.17) is 9.47 Å². The molecule has 0 bridgehead atoms. The van der Waals surface area contributed by atoms with E-state index < -0.39 is 22.0 Å². The SMILES string of the molecule is COc1cccc(C=Cc2nc(O)c([N+](=O)[O-])c(=O)[nH]2)c1OC. The fourth-order valence-corrected chi connectivity index (χ4v) is 1.93. The van der Waals surface area contributed by atoms with E-state index in [1.807, 2.05) is 0 Å². The molecule has 0 saturated heterocycles. The van der Waals surface area contributed by atoms with Gasteiger partial charge in [-0.15, -0.1) is 0 Å². The fourth-order valence-electron chi connectivity index (χ4n) is 1.93. The lowest BCUT2D eigenvalue weighted by molar-refractivity contribution is -0.387. The van der Waals surface area contributed by atoms with E-state index in [-0.39, 0.29) is 5.82 Å². The first kappa shape index (κ1) is 16.0. The van der Waals surface area contributed by atoms with Crippen molar-refractivity contribution < 1.29 is 19.5 Å². The van der Waals surface area contributed by atoms with Crippen LogP contribution in [0.2, 0.25) is 0 Å². The molecule has 0 spiro atoms. The van der Waals surface area contributed by atoms with Crippen LogP contribution in [-0.2, 0) is 0 Å². The van der Waals surface area contributed by atoms with Gasteiger partial charge in [0.25, 0.3) is 5.88 Å². The number of hydrogen-bond acceptors (Lipinski definition) is 7. The van der Waals surface area contributed by atoms with Gasteiger partial charge in [0.15, 0.2) is 11.5 Å². The van der Waals surface area contributed by atoms with Crippen molar-refractivity contribution in [3.05, 3.63) is 50.1 Å². The van der Waals surface area contributed by atoms with Crippen molar-refractivity contribution in [2.75, 3.05) is 14.2 Å². The van der Waals surface area contributed by atoms with Crippen molar-refractivity contribution in [1.82, 2.24) is 9.97 Å². The molecule has 1 heterocycles. The van der Waals surface area contributed by atoms with Gasteiger partial charge in [0.05, 0.1) is 19.1 Å². The number of aromatic hydroxyl groups is 1. The first-order valence-corrected chi connectivity index (χ1v) is 6.34. The van der Waals surface area contributed by atoms with Crippen molar-refractivity contribution >= 4 is 17.8 Å². The number of para-hydroxylation sites is 1. The normalized spacial score (nSPS) is 10.7. The number of nitrogens with one attached hydrogen (secondary N) is 1. The maximum absolute atomic E-state index is 11.6. The molecule has 1 aromatic heterocycles. The molecule has 0 amide bonds. The largest absolute Gasteiger partial charge is 0.493 e. The molecule has 0 aliphatic heterocycles. The number of H-pyrrole nitrogens is 1. The third-order valence-corrected chi connectivity index (χ3v) is 2.93. The van der Waals surface area contributed by atoms with Crippen molar-refractivity contribution in [2.24, 2.45) is 0 Å². The Morgan fingerprint density at radius 1 is 1.30 bits per heavy atom. The topological polar surface area (TPSA) is 128 Å². The van der Waals surface area contributed by atoms with Crippen LogP contribution in [0.4, 0.5) is 5.69 Å². The number of hydrogen-bond donors (Lipinski definition) is 2. The van der Waals surface area contributed by atoms with Crippen LogP contribution in [0, 0.1) is 10.1 Å². The summed E-state index contributed by atoms with van der Waals surface area (Å²) in [5, 5.41) is 20.1. The first-order chi connectivity index (χ1) is 11.0. The Balaban J connectivity index is 2.42. The van der Waals surface area contributed by atoms with Crippen LogP contribution in [0.15, 0.2) is 23.0 Å². The molecule has 0 aliphatic carbocycles. The molecule has 2 rings (SSSR count). The number of aromatic nitrogens is 2. The van der Waals surface area contributed by atoms with Gasteiger partial charge in [0, 0.05) is 5.56 Å². The van der Waals surface area contributed by atoms with E-state index in [1.165, 1.54) is 20.3 Å². The molecule has 0 saturated carbocycles. The minimum absolute atomic E-state index is 0.0389. The lowest BCUT2D eigenvalue weighted by atomic mass is 10.1. The average molecular weight is 319 g/mol. The van der Waals surface area contributed by atoms with Gasteiger partial charge >= 0.3 is 11.2 Å². The Morgan fingerprint density at radius 3 is 2.61 bits per heavy atom. The van der Waals surface area contributed by atoms with E-state index in [0.717, 1.165) is 0 Å². The smallest absolute Gasteiger partial charge is 0.395 e. The Hall–Kier alpha value is -3.36. The molecule has 0 aliphatic rings. The van der Waals surface area contributed by atoms with E-state index in [1.54, 1.807) is 24.3 Å². The lowest BCUT2D eigenvalue weighted by Crippen LogP contribution is -2.14. The third-order valence-electron chi connectivity index (χ3n) is 2.93. The van der Waals surface area contributed by atoms with Gasteiger partial charge in [0.1, 0.15) is 5.82 Å². The van der Waals surface area contributed by atoms with Gasteiger partial charge in [-0.1, -0.05) is 12.1 Å². The highest BCUT2D eigenvalue weighted by molar-refractivity contribution is 5.72. The highest BCUT2D eigenvalue weighted by Crippen LogP contribution is 2.31. The van der Waals surface area contributed by atoms with Gasteiger partial charge in [0.2, 0.25) is 0 Å². The first-order valence-electron chi connectivity index (χ1n) is 6.34. The molecular weight excluding hydrogens is 306 g/mol. The van der Waals surface area contributed by atoms with Crippen molar-refractivity contribution in [1.29, 1.82) is 0 Å². The molecule has 9 nitrogen and oxygen atoms in total. The van der Waals surface area contributed by atoms with Crippen molar-refractivity contribution in [2.45, 2.75) is 0 Å². The summed E-state index contributed by atoms with van der Waals surface area (Å²) in [6.45, 7) is 0. The summed E-state index contributed by atoms with van der Waals surface area (Å²) in [6, 6.07) is 5.19. The van der Waals surface area contributed by atoms with Crippen LogP contribution in [0.3, 0.4) is 0 Å². The van der Waals surface area contributed by atoms with Crippen LogP contribution in [0.1, 0.15) is 11.4 Å². The zero-order valence-corrected chi connectivity index (χ0v) is 12.3. The number of rotatable bonds is 5. The standard InChI is InChI=1S/C14H13N3O6/c1-22-9-5-3-4-8(12(9)23-2)6-7-10-15-13(18)11(17(20)21)14(19)16-10/h3-7H,1-2H3,(H2,15,16,18,19). The lowest BCUT2D eigenvalue weighted by Gasteiger charge is -2.09. The maximum atomic E-state index is 11.6. The van der Waals surface area contributed by atoms with Crippen LogP contribution < -0.4 is 15.0 Å². The van der Waals surface area contributed by atoms with Gasteiger partial charge in [-0.3, -0.25) is 14.9 Å². The molecule has 1 aromatic carbocycles. The number of methoxy groups -OCH3 is 2. The quantitative estimate of drug-likeness (QED) is 0.632. The fraction of sp³-hybridized carbons (Fsp3) is 0.143. The summed E-state index contributed by atoms with van der Waals surface area (Å²) >= 11 is 0. The molecule has 0 unspecified atom stereocenters. The maximum Gasteiger partial charge on any atom is 0.395 e. The second-order valence-electron chi connectivity index (χ2n) is 4.30. The predicted molar refractivity (Wildman–Crippen MR) is 81.7 cm³/mol. The molecular formula is C14H13N3O6. The monoisotopic (exact) mass is 319 g/mol. The summed E-state index contributed by atoms with van der Waals surface area (Å²) in [4.78, 5) is 27.0. The Morgan fingerprint density at radius 2 is 2.04 bits per heavy atom. The minimum atomic E-state index is -1.04. The summed E-state index contributed by atoms with van der Waals surface area (Å²) in [7, 11) is 2.98. The highest BCUT2D eigenvalue weighted by atomic mass is 16.6. The van der Waals surface area contributed by atoms with E-state index >= 15 is 0 Å². The van der Waals surface area contributed by atoms with E-state index in [9.17, 15) is 20.0 Å². The van der Waals surface area contributed by atoms with Gasteiger partial charge in [-0.2, -0.15) is 4.98 Å². The molecule has 0 fully saturated rings. The second-order valence-corrected chi connectivity index (χ2v) is 4.30. The van der Waals surface area contributed by atoms with Crippen molar-refractivity contribution in [3.8, 4) is 17.4 Å². The minimum Gasteiger partial charge on any atom is -0.493 e. The number of benzene rings is 1. The Labute approximate surface area is 130 Å². The summed E-state index contributed by atoms with van der Waals surface area (Å²) in [6.07, 6.45) is 2.94. The molecule has 0 radical (unpaired) electrons. The summed E-state index contributed by atoms with van der Waals surface area (Å²) < 4.78 is 10.4. The number of ether oxygens (including phenoxy) is 2. The van der Waals surface area contributed by atoms with Crippen LogP contribution in [-0.4, -0.2) is 34.2 Å². The summed E-state index contributed by atoms with van der Waals surface area (Å²) in [5.74, 6) is 0.00126. The number of nitrogens with zero attached hydrogens (tertiary/aromatic N) is 2. The van der Waals surface area contributed by atoms with Crippen molar-refractivity contribution in [3.63, 3.8) is 0 Å². The molecule has 2 N–H and O–H groups in total. The zero-order valence-electron chi connectivity index (χ0n) is 12.3. The summed E-state index contributed by atoms with van der Waals surface area (Å²) in [5.41, 5.74) is -1.41. The van der Waals surface area contributed by atoms with Crippen LogP contribution >= 0.6 is 0 Å². The van der Waals surface area contributed by atoms with Gasteiger partial charge in [-0.25, -0.2) is 0 Å². The second kappa shape index (κ2) is 6.60. The molecule has 2 aromatic rings. The molecule has 23 heavy (non-hydrogen) atoms. The zero-order chi connectivity index (χ0) is 17.0. The van der Waals surface area contributed by atoms with Gasteiger partial charge < -0.3 is 19.6 Å². The van der Waals surface area contributed by atoms with E-state index in [0.29, 0.717) is 17.1 Å². The number of aromatic amines is 1. The Bertz CT molecular complexity index is 828.